The van der Waals surface area contributed by atoms with Gasteiger partial charge in [0.1, 0.15) is 13.2 Å². The van der Waals surface area contributed by atoms with Crippen LogP contribution < -0.4 is 20.1 Å². The van der Waals surface area contributed by atoms with Gasteiger partial charge in [0.15, 0.2) is 11.5 Å². The van der Waals surface area contributed by atoms with Crippen LogP contribution in [-0.4, -0.2) is 31.6 Å². The quantitative estimate of drug-likeness (QED) is 0.794. The van der Waals surface area contributed by atoms with Crippen LogP contribution in [0.2, 0.25) is 10.0 Å². The molecule has 1 aliphatic heterocycles. The first-order valence-corrected chi connectivity index (χ1v) is 9.12. The van der Waals surface area contributed by atoms with Crippen LogP contribution in [0.4, 0.5) is 0 Å². The first kappa shape index (κ1) is 19.3. The lowest BCUT2D eigenvalue weighted by molar-refractivity contribution is -0.120. The first-order chi connectivity index (χ1) is 12.9. The van der Waals surface area contributed by atoms with Crippen molar-refractivity contribution in [3.8, 4) is 11.5 Å². The Bertz CT molecular complexity index is 873. The zero-order valence-electron chi connectivity index (χ0n) is 14.6. The molecule has 3 rings (SSSR count). The van der Waals surface area contributed by atoms with E-state index in [4.69, 9.17) is 32.7 Å². The molecule has 1 unspecified atom stereocenters. The summed E-state index contributed by atoms with van der Waals surface area (Å²) in [6, 6.07) is 9.81. The second-order valence-corrected chi connectivity index (χ2v) is 6.84. The Morgan fingerprint density at radius 3 is 2.56 bits per heavy atom. The van der Waals surface area contributed by atoms with E-state index in [1.54, 1.807) is 6.07 Å². The number of ether oxygens (including phenoxy) is 2. The van der Waals surface area contributed by atoms with Crippen molar-refractivity contribution in [1.82, 2.24) is 10.6 Å². The fraction of sp³-hybridized carbons (Fsp3) is 0.263. The summed E-state index contributed by atoms with van der Waals surface area (Å²) >= 11 is 11.8. The summed E-state index contributed by atoms with van der Waals surface area (Å²) in [5.74, 6) is 0.579. The Morgan fingerprint density at radius 2 is 1.81 bits per heavy atom. The Morgan fingerprint density at radius 1 is 1.07 bits per heavy atom. The molecule has 1 aliphatic rings. The van der Waals surface area contributed by atoms with Crippen LogP contribution in [-0.2, 0) is 4.79 Å². The van der Waals surface area contributed by atoms with Crippen molar-refractivity contribution in [2.45, 2.75) is 13.0 Å². The normalized spacial score (nSPS) is 13.6. The third-order valence-corrected chi connectivity index (χ3v) is 4.58. The highest BCUT2D eigenvalue weighted by molar-refractivity contribution is 6.36. The molecule has 0 fully saturated rings. The number of carbonyl (C=O) groups is 2. The zero-order chi connectivity index (χ0) is 19.4. The van der Waals surface area contributed by atoms with E-state index in [-0.39, 0.29) is 29.1 Å². The SMILES string of the molecule is CC(NC(=O)CNC(=O)c1ccc(Cl)cc1Cl)c1ccc2c(c1)OCCO2. The minimum absolute atomic E-state index is 0.174. The molecule has 0 spiro atoms. The molecule has 0 radical (unpaired) electrons. The van der Waals surface area contributed by atoms with Gasteiger partial charge in [-0.1, -0.05) is 29.3 Å². The van der Waals surface area contributed by atoms with Gasteiger partial charge in [-0.25, -0.2) is 0 Å². The maximum absolute atomic E-state index is 12.2. The third-order valence-electron chi connectivity index (χ3n) is 4.03. The number of hydrogen-bond donors (Lipinski definition) is 2. The van der Waals surface area contributed by atoms with E-state index in [1.165, 1.54) is 12.1 Å². The molecule has 2 N–H and O–H groups in total. The largest absolute Gasteiger partial charge is 0.486 e. The zero-order valence-corrected chi connectivity index (χ0v) is 16.1. The lowest BCUT2D eigenvalue weighted by Gasteiger charge is -2.21. The van der Waals surface area contributed by atoms with Gasteiger partial charge in [-0.15, -0.1) is 0 Å². The minimum atomic E-state index is -0.446. The highest BCUT2D eigenvalue weighted by atomic mass is 35.5. The van der Waals surface area contributed by atoms with Gasteiger partial charge in [0.25, 0.3) is 5.91 Å². The van der Waals surface area contributed by atoms with Crippen molar-refractivity contribution < 1.29 is 19.1 Å². The van der Waals surface area contributed by atoms with Crippen molar-refractivity contribution in [1.29, 1.82) is 0 Å². The fourth-order valence-corrected chi connectivity index (χ4v) is 3.13. The molecule has 0 aromatic heterocycles. The van der Waals surface area contributed by atoms with Crippen LogP contribution in [0.5, 0.6) is 11.5 Å². The van der Waals surface area contributed by atoms with E-state index in [0.29, 0.717) is 29.7 Å². The molecule has 1 heterocycles. The molecule has 27 heavy (non-hydrogen) atoms. The van der Waals surface area contributed by atoms with E-state index >= 15 is 0 Å². The summed E-state index contributed by atoms with van der Waals surface area (Å²) in [6.45, 7) is 2.69. The predicted octanol–water partition coefficient (Wildman–Crippen LogP) is 3.37. The van der Waals surface area contributed by atoms with Crippen LogP contribution in [0.25, 0.3) is 0 Å². The van der Waals surface area contributed by atoms with Gasteiger partial charge < -0.3 is 20.1 Å². The van der Waals surface area contributed by atoms with Crippen molar-refractivity contribution in [2.75, 3.05) is 19.8 Å². The second-order valence-electron chi connectivity index (χ2n) is 6.00. The molecule has 2 aromatic rings. The highest BCUT2D eigenvalue weighted by Crippen LogP contribution is 2.32. The van der Waals surface area contributed by atoms with Crippen LogP contribution in [0.1, 0.15) is 28.9 Å². The molecule has 2 aromatic carbocycles. The molecule has 1 atom stereocenters. The summed E-state index contributed by atoms with van der Waals surface area (Å²) in [5, 5.41) is 6.03. The smallest absolute Gasteiger partial charge is 0.253 e. The topological polar surface area (TPSA) is 76.7 Å². The van der Waals surface area contributed by atoms with Gasteiger partial charge in [-0.05, 0) is 42.8 Å². The monoisotopic (exact) mass is 408 g/mol. The van der Waals surface area contributed by atoms with Gasteiger partial charge in [-0.3, -0.25) is 9.59 Å². The average Bonchev–Trinajstić information content (AvgIpc) is 2.65. The lowest BCUT2D eigenvalue weighted by atomic mass is 10.1. The number of rotatable bonds is 5. The van der Waals surface area contributed by atoms with Gasteiger partial charge in [0.2, 0.25) is 5.91 Å². The molecule has 0 aliphatic carbocycles. The molecule has 6 nitrogen and oxygen atoms in total. The van der Waals surface area contributed by atoms with E-state index < -0.39 is 5.91 Å². The standard InChI is InChI=1S/C19H18Cl2N2O4/c1-11(12-2-5-16-17(8-12)27-7-6-26-16)23-18(24)10-22-19(25)14-4-3-13(20)9-15(14)21/h2-5,8-9,11H,6-7,10H2,1H3,(H,22,25)(H,23,24). The number of benzene rings is 2. The maximum atomic E-state index is 12.2. The van der Waals surface area contributed by atoms with Gasteiger partial charge in [-0.2, -0.15) is 0 Å². The Labute approximate surface area is 166 Å². The van der Waals surface area contributed by atoms with E-state index in [0.717, 1.165) is 5.56 Å². The second kappa shape index (κ2) is 8.50. The molecular formula is C19H18Cl2N2O4. The molecule has 8 heteroatoms. The molecule has 2 amide bonds. The summed E-state index contributed by atoms with van der Waals surface area (Å²) in [6.07, 6.45) is 0. The summed E-state index contributed by atoms with van der Waals surface area (Å²) < 4.78 is 11.0. The molecule has 142 valence electrons. The van der Waals surface area contributed by atoms with Crippen LogP contribution >= 0.6 is 23.2 Å². The van der Waals surface area contributed by atoms with Crippen molar-refractivity contribution in [3.63, 3.8) is 0 Å². The van der Waals surface area contributed by atoms with Crippen LogP contribution in [0.3, 0.4) is 0 Å². The van der Waals surface area contributed by atoms with E-state index in [2.05, 4.69) is 10.6 Å². The van der Waals surface area contributed by atoms with Gasteiger partial charge in [0, 0.05) is 5.02 Å². The summed E-state index contributed by atoms with van der Waals surface area (Å²) in [4.78, 5) is 24.3. The number of fused-ring (bicyclic) bond motifs is 1. The number of nitrogens with one attached hydrogen (secondary N) is 2. The van der Waals surface area contributed by atoms with Crippen LogP contribution in [0, 0.1) is 0 Å². The number of halogens is 2. The first-order valence-electron chi connectivity index (χ1n) is 8.36. The van der Waals surface area contributed by atoms with Crippen molar-refractivity contribution in [3.05, 3.63) is 57.6 Å². The van der Waals surface area contributed by atoms with Gasteiger partial charge in [0.05, 0.1) is 23.2 Å². The molecule has 0 saturated heterocycles. The third kappa shape index (κ3) is 4.84. The van der Waals surface area contributed by atoms with Crippen molar-refractivity contribution >= 4 is 35.0 Å². The van der Waals surface area contributed by atoms with Crippen molar-refractivity contribution in [2.24, 2.45) is 0 Å². The Balaban J connectivity index is 1.55. The molecule has 0 saturated carbocycles. The predicted molar refractivity (Wildman–Crippen MR) is 103 cm³/mol. The Kier molecular flexibility index (Phi) is 6.08. The van der Waals surface area contributed by atoms with E-state index in [1.807, 2.05) is 25.1 Å². The number of carbonyl (C=O) groups excluding carboxylic acids is 2. The number of amides is 2. The van der Waals surface area contributed by atoms with Crippen LogP contribution in [0.15, 0.2) is 36.4 Å². The lowest BCUT2D eigenvalue weighted by Crippen LogP contribution is -2.38. The average molecular weight is 409 g/mol. The minimum Gasteiger partial charge on any atom is -0.486 e. The summed E-state index contributed by atoms with van der Waals surface area (Å²) in [7, 11) is 0. The maximum Gasteiger partial charge on any atom is 0.253 e. The number of hydrogen-bond acceptors (Lipinski definition) is 4. The molecular weight excluding hydrogens is 391 g/mol. The van der Waals surface area contributed by atoms with E-state index in [9.17, 15) is 9.59 Å². The Hall–Kier alpha value is -2.44. The summed E-state index contributed by atoms with van der Waals surface area (Å²) in [5.41, 5.74) is 1.13. The highest BCUT2D eigenvalue weighted by Gasteiger charge is 2.17. The fourth-order valence-electron chi connectivity index (χ4n) is 2.63. The molecule has 0 bridgehead atoms. The van der Waals surface area contributed by atoms with Gasteiger partial charge >= 0.3 is 0 Å².